The fourth-order valence-corrected chi connectivity index (χ4v) is 2.37. The first-order valence-corrected chi connectivity index (χ1v) is 10.0. The minimum atomic E-state index is -0.232. The molecule has 0 saturated heterocycles. The number of pyridine rings is 2. The third-order valence-electron chi connectivity index (χ3n) is 4.17. The molecule has 2 heterocycles. The first kappa shape index (κ1) is 28.2. The molecular formula is C26H33BrN2O2. The zero-order valence-corrected chi connectivity index (χ0v) is 20.3. The van der Waals surface area contributed by atoms with E-state index in [0.29, 0.717) is 6.61 Å². The second-order valence-corrected chi connectivity index (χ2v) is 7.05. The maximum atomic E-state index is 11.7. The highest BCUT2D eigenvalue weighted by Crippen LogP contribution is 2.06. The first-order valence-electron chi connectivity index (χ1n) is 10.0. The molecule has 0 unspecified atom stereocenters. The number of carbonyl (C=O) groups is 1. The Balaban J connectivity index is 0.000000838. The number of carbonyl (C=O) groups excluding carboxylic acids is 1. The third kappa shape index (κ3) is 13.9. The van der Waals surface area contributed by atoms with Gasteiger partial charge in [-0.05, 0) is 62.9 Å². The summed E-state index contributed by atoms with van der Waals surface area (Å²) in [7, 11) is 0. The van der Waals surface area contributed by atoms with Crippen LogP contribution in [-0.2, 0) is 16.1 Å². The molecule has 31 heavy (non-hydrogen) atoms. The van der Waals surface area contributed by atoms with Crippen LogP contribution < -0.4 is 21.5 Å². The van der Waals surface area contributed by atoms with Crippen LogP contribution in [0.25, 0.3) is 12.2 Å². The Labute approximate surface area is 197 Å². The molecule has 2 aromatic heterocycles. The number of aromatic nitrogens is 2. The van der Waals surface area contributed by atoms with Crippen molar-refractivity contribution in [2.45, 2.75) is 40.2 Å². The molecule has 0 spiro atoms. The first-order chi connectivity index (χ1) is 14.4. The van der Waals surface area contributed by atoms with E-state index < -0.39 is 0 Å². The molecule has 5 heteroatoms. The van der Waals surface area contributed by atoms with E-state index in [2.05, 4.69) is 45.0 Å². The molecule has 0 aliphatic rings. The number of hydrogen-bond donors (Lipinski definition) is 0. The van der Waals surface area contributed by atoms with Crippen LogP contribution in [0.4, 0.5) is 0 Å². The number of esters is 1. The van der Waals surface area contributed by atoms with Crippen molar-refractivity contribution in [1.82, 2.24) is 4.98 Å². The zero-order valence-electron chi connectivity index (χ0n) is 18.8. The SMILES string of the molecule is C=Cc1cc[n+](CC(=O)OC/C=C(\C)CCC=C(C)C)cc1.C=Cc1ccncc1.[Br-]. The predicted molar refractivity (Wildman–Crippen MR) is 124 cm³/mol. The molecule has 0 bridgehead atoms. The Morgan fingerprint density at radius 1 is 1.00 bits per heavy atom. The van der Waals surface area contributed by atoms with Gasteiger partial charge in [0.2, 0.25) is 6.54 Å². The molecule has 0 aromatic carbocycles. The van der Waals surface area contributed by atoms with Crippen LogP contribution in [0.1, 0.15) is 44.7 Å². The zero-order chi connectivity index (χ0) is 22.2. The summed E-state index contributed by atoms with van der Waals surface area (Å²) in [6, 6.07) is 7.64. The highest BCUT2D eigenvalue weighted by Gasteiger charge is 2.09. The van der Waals surface area contributed by atoms with Crippen molar-refractivity contribution in [3.63, 3.8) is 0 Å². The molecular weight excluding hydrogens is 452 g/mol. The van der Waals surface area contributed by atoms with Gasteiger partial charge in [-0.2, -0.15) is 4.57 Å². The number of halogens is 1. The van der Waals surface area contributed by atoms with Gasteiger partial charge in [0.05, 0.1) is 0 Å². The number of rotatable bonds is 9. The van der Waals surface area contributed by atoms with Crippen LogP contribution in [0.15, 0.2) is 85.5 Å². The molecule has 0 N–H and O–H groups in total. The van der Waals surface area contributed by atoms with E-state index in [1.54, 1.807) is 29.1 Å². The average Bonchev–Trinajstić information content (AvgIpc) is 2.75. The summed E-state index contributed by atoms with van der Waals surface area (Å²) in [4.78, 5) is 15.6. The summed E-state index contributed by atoms with van der Waals surface area (Å²) in [6.45, 7) is 14.1. The van der Waals surface area contributed by atoms with E-state index in [4.69, 9.17) is 4.74 Å². The minimum Gasteiger partial charge on any atom is -1.00 e. The highest BCUT2D eigenvalue weighted by molar-refractivity contribution is 5.67. The van der Waals surface area contributed by atoms with E-state index in [-0.39, 0.29) is 29.5 Å². The lowest BCUT2D eigenvalue weighted by atomic mass is 10.1. The third-order valence-corrected chi connectivity index (χ3v) is 4.17. The van der Waals surface area contributed by atoms with Gasteiger partial charge < -0.3 is 21.7 Å². The molecule has 2 rings (SSSR count). The van der Waals surface area contributed by atoms with Gasteiger partial charge in [-0.25, -0.2) is 4.79 Å². The Morgan fingerprint density at radius 2 is 1.58 bits per heavy atom. The molecule has 166 valence electrons. The van der Waals surface area contributed by atoms with Gasteiger partial charge in [-0.15, -0.1) is 0 Å². The Morgan fingerprint density at radius 3 is 2.10 bits per heavy atom. The van der Waals surface area contributed by atoms with Gasteiger partial charge in [0.25, 0.3) is 0 Å². The predicted octanol–water partition coefficient (Wildman–Crippen LogP) is 2.58. The van der Waals surface area contributed by atoms with Crippen LogP contribution in [0.5, 0.6) is 0 Å². The summed E-state index contributed by atoms with van der Waals surface area (Å²) in [5.74, 6) is -0.232. The monoisotopic (exact) mass is 484 g/mol. The lowest BCUT2D eigenvalue weighted by Gasteiger charge is -2.02. The van der Waals surface area contributed by atoms with Gasteiger partial charge in [0.1, 0.15) is 6.61 Å². The largest absolute Gasteiger partial charge is 1.00 e. The summed E-state index contributed by atoms with van der Waals surface area (Å²) < 4.78 is 7.02. The van der Waals surface area contributed by atoms with Gasteiger partial charge >= 0.3 is 5.97 Å². The van der Waals surface area contributed by atoms with Crippen molar-refractivity contribution in [3.8, 4) is 0 Å². The summed E-state index contributed by atoms with van der Waals surface area (Å²) >= 11 is 0. The normalized spacial score (nSPS) is 9.97. The standard InChI is InChI=1S/C19H26NO2.C7H7N.BrH/c1-5-18-9-12-20(13-10-18)15-19(21)22-14-11-17(4)8-6-7-16(2)3;1-2-7-3-5-8-6-4-7;/h5,7,9-13H,1,6,8,14-15H2,2-4H3;2-6H,1H2;1H/q+1;;/p-1/b17-11+;;. The van der Waals surface area contributed by atoms with Gasteiger partial charge in [0, 0.05) is 24.5 Å². The van der Waals surface area contributed by atoms with Gasteiger partial charge in [-0.1, -0.05) is 42.5 Å². The second-order valence-electron chi connectivity index (χ2n) is 7.05. The molecule has 0 saturated carbocycles. The fraction of sp³-hybridized carbons (Fsp3) is 0.269. The second kappa shape index (κ2) is 16.9. The van der Waals surface area contributed by atoms with Crippen LogP contribution in [0.3, 0.4) is 0 Å². The minimum absolute atomic E-state index is 0. The van der Waals surface area contributed by atoms with Crippen molar-refractivity contribution in [2.75, 3.05) is 6.61 Å². The smallest absolute Gasteiger partial charge is 0.372 e. The molecule has 2 aromatic rings. The molecule has 0 radical (unpaired) electrons. The van der Waals surface area contributed by atoms with Gasteiger partial charge in [0.15, 0.2) is 12.4 Å². The van der Waals surface area contributed by atoms with E-state index in [1.807, 2.05) is 42.7 Å². The van der Waals surface area contributed by atoms with Crippen molar-refractivity contribution < 1.29 is 31.1 Å². The van der Waals surface area contributed by atoms with E-state index in [0.717, 1.165) is 24.0 Å². The number of allylic oxidation sites excluding steroid dienone is 3. The summed E-state index contributed by atoms with van der Waals surface area (Å²) in [5, 5.41) is 0. The lowest BCUT2D eigenvalue weighted by molar-refractivity contribution is -0.686. The Bertz CT molecular complexity index is 853. The Kier molecular flexibility index (Phi) is 15.4. The summed E-state index contributed by atoms with van der Waals surface area (Å²) in [6.07, 6.45) is 17.0. The molecule has 0 aliphatic carbocycles. The lowest BCUT2D eigenvalue weighted by Crippen LogP contribution is -3.00. The molecule has 4 nitrogen and oxygen atoms in total. The molecule has 0 fully saturated rings. The van der Waals surface area contributed by atoms with E-state index in [9.17, 15) is 4.79 Å². The Hall–Kier alpha value is -2.79. The molecule has 0 amide bonds. The van der Waals surface area contributed by atoms with Gasteiger partial charge in [-0.3, -0.25) is 4.98 Å². The quantitative estimate of drug-likeness (QED) is 0.312. The van der Waals surface area contributed by atoms with Crippen molar-refractivity contribution in [2.24, 2.45) is 0 Å². The maximum absolute atomic E-state index is 11.7. The van der Waals surface area contributed by atoms with E-state index in [1.165, 1.54) is 11.1 Å². The maximum Gasteiger partial charge on any atom is 0.372 e. The number of hydrogen-bond acceptors (Lipinski definition) is 3. The molecule has 0 atom stereocenters. The highest BCUT2D eigenvalue weighted by atomic mass is 79.9. The average molecular weight is 485 g/mol. The van der Waals surface area contributed by atoms with Crippen LogP contribution in [0.2, 0.25) is 0 Å². The van der Waals surface area contributed by atoms with Crippen LogP contribution in [-0.4, -0.2) is 17.6 Å². The van der Waals surface area contributed by atoms with Crippen LogP contribution >= 0.6 is 0 Å². The van der Waals surface area contributed by atoms with Crippen molar-refractivity contribution in [3.05, 3.63) is 96.6 Å². The molecule has 0 aliphatic heterocycles. The number of ether oxygens (including phenoxy) is 1. The number of nitrogens with zero attached hydrogens (tertiary/aromatic N) is 2. The fourth-order valence-electron chi connectivity index (χ4n) is 2.37. The topological polar surface area (TPSA) is 43.1 Å². The van der Waals surface area contributed by atoms with Crippen molar-refractivity contribution in [1.29, 1.82) is 0 Å². The van der Waals surface area contributed by atoms with Crippen LogP contribution in [0, 0.1) is 0 Å². The summed E-state index contributed by atoms with van der Waals surface area (Å²) in [5.41, 5.74) is 4.71. The van der Waals surface area contributed by atoms with E-state index >= 15 is 0 Å². The van der Waals surface area contributed by atoms with Crippen molar-refractivity contribution >= 4 is 18.1 Å².